The van der Waals surface area contributed by atoms with Gasteiger partial charge in [0.05, 0.1) is 11.2 Å². The van der Waals surface area contributed by atoms with E-state index in [1.807, 2.05) is 6.07 Å². The zero-order chi connectivity index (χ0) is 18.6. The summed E-state index contributed by atoms with van der Waals surface area (Å²) in [5.41, 5.74) is 6.71. The molecule has 0 bridgehead atoms. The molecule has 4 heteroatoms. The van der Waals surface area contributed by atoms with Crippen molar-refractivity contribution in [3.8, 4) is 0 Å². The number of benzene rings is 2. The summed E-state index contributed by atoms with van der Waals surface area (Å²) in [5.74, 6) is 0. The molecule has 1 aliphatic heterocycles. The Bertz CT molecular complexity index is 912. The van der Waals surface area contributed by atoms with E-state index in [0.29, 0.717) is 0 Å². The van der Waals surface area contributed by atoms with E-state index in [0.717, 1.165) is 41.1 Å². The molecule has 0 aliphatic carbocycles. The fourth-order valence-corrected chi connectivity index (χ4v) is 3.77. The quantitative estimate of drug-likeness (QED) is 0.641. The van der Waals surface area contributed by atoms with Crippen molar-refractivity contribution in [2.75, 3.05) is 36.8 Å². The second kappa shape index (κ2) is 7.97. The zero-order valence-corrected chi connectivity index (χ0v) is 16.3. The topological polar surface area (TPSA) is 40.2 Å². The largest absolute Gasteiger partial charge is 0.384 e. The second-order valence-corrected chi connectivity index (χ2v) is 7.39. The maximum absolute atomic E-state index is 4.70. The first-order valence-corrected chi connectivity index (χ1v) is 9.90. The van der Waals surface area contributed by atoms with Gasteiger partial charge >= 0.3 is 0 Å². The minimum absolute atomic E-state index is 1.00. The Balaban J connectivity index is 1.45. The van der Waals surface area contributed by atoms with Crippen LogP contribution in [-0.4, -0.2) is 36.1 Å². The number of anilines is 3. The average Bonchev–Trinajstić information content (AvgIpc) is 3.20. The second-order valence-electron chi connectivity index (χ2n) is 7.39. The van der Waals surface area contributed by atoms with Crippen LogP contribution in [0.5, 0.6) is 0 Å². The predicted octanol–water partition coefficient (Wildman–Crippen LogP) is 5.10. The number of fused-ring (bicyclic) bond motifs is 1. The molecule has 0 spiro atoms. The van der Waals surface area contributed by atoms with Crippen molar-refractivity contribution < 1.29 is 0 Å². The molecule has 3 aromatic rings. The van der Waals surface area contributed by atoms with Gasteiger partial charge in [-0.2, -0.15) is 0 Å². The molecule has 1 aliphatic rings. The van der Waals surface area contributed by atoms with Crippen molar-refractivity contribution >= 4 is 28.0 Å². The summed E-state index contributed by atoms with van der Waals surface area (Å²) in [6.45, 7) is 8.83. The molecule has 4 nitrogen and oxygen atoms in total. The Hall–Kier alpha value is -2.59. The molecule has 140 valence electrons. The Labute approximate surface area is 161 Å². The van der Waals surface area contributed by atoms with Gasteiger partial charge in [0, 0.05) is 35.5 Å². The van der Waals surface area contributed by atoms with Crippen LogP contribution >= 0.6 is 0 Å². The highest BCUT2D eigenvalue weighted by Crippen LogP contribution is 2.30. The highest BCUT2D eigenvalue weighted by molar-refractivity contribution is 5.95. The molecule has 1 saturated heterocycles. The van der Waals surface area contributed by atoms with Crippen LogP contribution in [0.1, 0.15) is 24.1 Å². The summed E-state index contributed by atoms with van der Waals surface area (Å²) in [6.07, 6.45) is 2.70. The van der Waals surface area contributed by atoms with E-state index in [9.17, 15) is 0 Å². The van der Waals surface area contributed by atoms with Crippen LogP contribution in [-0.2, 0) is 0 Å². The first-order valence-electron chi connectivity index (χ1n) is 9.90. The van der Waals surface area contributed by atoms with E-state index in [-0.39, 0.29) is 0 Å². The molecule has 0 amide bonds. The van der Waals surface area contributed by atoms with Gasteiger partial charge in [0.15, 0.2) is 0 Å². The summed E-state index contributed by atoms with van der Waals surface area (Å²) >= 11 is 0. The highest BCUT2D eigenvalue weighted by Gasteiger charge is 2.11. The molecule has 1 fully saturated rings. The third kappa shape index (κ3) is 4.06. The molecule has 0 radical (unpaired) electrons. The number of hydrogen-bond acceptors (Lipinski definition) is 4. The number of nitrogens with zero attached hydrogens (tertiary/aromatic N) is 2. The number of aromatic nitrogens is 1. The summed E-state index contributed by atoms with van der Waals surface area (Å²) in [4.78, 5) is 7.23. The Kier molecular flexibility index (Phi) is 5.26. The lowest BCUT2D eigenvalue weighted by molar-refractivity contribution is 0.352. The van der Waals surface area contributed by atoms with Crippen molar-refractivity contribution in [3.05, 3.63) is 59.8 Å². The first-order chi connectivity index (χ1) is 13.2. The van der Waals surface area contributed by atoms with Crippen LogP contribution in [0.4, 0.5) is 17.1 Å². The van der Waals surface area contributed by atoms with Crippen LogP contribution in [0.2, 0.25) is 0 Å². The molecule has 2 heterocycles. The lowest BCUT2D eigenvalue weighted by atomic mass is 10.1. The van der Waals surface area contributed by atoms with E-state index in [1.54, 1.807) is 0 Å². The molecular formula is C23H28N4. The number of pyridine rings is 1. The molecule has 2 N–H and O–H groups in total. The van der Waals surface area contributed by atoms with Crippen LogP contribution in [0.3, 0.4) is 0 Å². The van der Waals surface area contributed by atoms with Gasteiger partial charge < -0.3 is 15.5 Å². The lowest BCUT2D eigenvalue weighted by Gasteiger charge is -2.16. The van der Waals surface area contributed by atoms with Gasteiger partial charge in [0.1, 0.15) is 0 Å². The van der Waals surface area contributed by atoms with Gasteiger partial charge in [0.25, 0.3) is 0 Å². The normalized spacial score (nSPS) is 14.6. The molecular weight excluding hydrogens is 332 g/mol. The zero-order valence-electron chi connectivity index (χ0n) is 16.3. The maximum Gasteiger partial charge on any atom is 0.0726 e. The number of nitrogens with one attached hydrogen (secondary N) is 2. The van der Waals surface area contributed by atoms with Crippen molar-refractivity contribution in [1.82, 2.24) is 9.88 Å². The molecule has 0 atom stereocenters. The van der Waals surface area contributed by atoms with E-state index in [2.05, 4.69) is 71.8 Å². The summed E-state index contributed by atoms with van der Waals surface area (Å²) < 4.78 is 0. The van der Waals surface area contributed by atoms with Gasteiger partial charge in [-0.25, -0.2) is 0 Å². The fraction of sp³-hybridized carbons (Fsp3) is 0.348. The van der Waals surface area contributed by atoms with Crippen LogP contribution in [0.15, 0.2) is 48.5 Å². The van der Waals surface area contributed by atoms with Crippen molar-refractivity contribution in [1.29, 1.82) is 0 Å². The third-order valence-corrected chi connectivity index (χ3v) is 5.49. The number of hydrogen-bond donors (Lipinski definition) is 2. The van der Waals surface area contributed by atoms with Crippen molar-refractivity contribution in [2.24, 2.45) is 0 Å². The SMILES string of the molecule is Cc1nc2ccccc2c(Nc2ccc(NCCN3CCCC3)cc2)c1C. The van der Waals surface area contributed by atoms with Gasteiger partial charge in [-0.3, -0.25) is 4.98 Å². The van der Waals surface area contributed by atoms with Gasteiger partial charge in [-0.05, 0) is 75.7 Å². The lowest BCUT2D eigenvalue weighted by Crippen LogP contribution is -2.25. The number of likely N-dealkylation sites (tertiary alicyclic amines) is 1. The molecule has 2 aromatic carbocycles. The third-order valence-electron chi connectivity index (χ3n) is 5.49. The maximum atomic E-state index is 4.70. The minimum atomic E-state index is 1.00. The van der Waals surface area contributed by atoms with E-state index >= 15 is 0 Å². The Morgan fingerprint density at radius 1 is 0.926 bits per heavy atom. The van der Waals surface area contributed by atoms with E-state index in [4.69, 9.17) is 4.98 Å². The molecule has 27 heavy (non-hydrogen) atoms. The Morgan fingerprint density at radius 2 is 1.63 bits per heavy atom. The van der Waals surface area contributed by atoms with Crippen LogP contribution < -0.4 is 10.6 Å². The van der Waals surface area contributed by atoms with E-state index < -0.39 is 0 Å². The molecule has 0 unspecified atom stereocenters. The standard InChI is InChI=1S/C23H28N4/c1-17-18(2)25-22-8-4-3-7-21(22)23(17)26-20-11-9-19(10-12-20)24-13-16-27-14-5-6-15-27/h3-4,7-12,24H,5-6,13-16H2,1-2H3,(H,25,26). The average molecular weight is 361 g/mol. The smallest absolute Gasteiger partial charge is 0.0726 e. The summed E-state index contributed by atoms with van der Waals surface area (Å²) in [6, 6.07) is 16.9. The number of para-hydroxylation sites is 1. The summed E-state index contributed by atoms with van der Waals surface area (Å²) in [5, 5.41) is 8.30. The summed E-state index contributed by atoms with van der Waals surface area (Å²) in [7, 11) is 0. The molecule has 1 aromatic heterocycles. The monoisotopic (exact) mass is 360 g/mol. The predicted molar refractivity (Wildman–Crippen MR) is 115 cm³/mol. The fourth-order valence-electron chi connectivity index (χ4n) is 3.77. The van der Waals surface area contributed by atoms with Gasteiger partial charge in [-0.1, -0.05) is 18.2 Å². The van der Waals surface area contributed by atoms with Gasteiger partial charge in [-0.15, -0.1) is 0 Å². The van der Waals surface area contributed by atoms with Crippen LogP contribution in [0, 0.1) is 13.8 Å². The van der Waals surface area contributed by atoms with Gasteiger partial charge in [0.2, 0.25) is 0 Å². The Morgan fingerprint density at radius 3 is 2.41 bits per heavy atom. The number of aryl methyl sites for hydroxylation is 1. The highest BCUT2D eigenvalue weighted by atomic mass is 15.1. The minimum Gasteiger partial charge on any atom is -0.384 e. The van der Waals surface area contributed by atoms with Crippen LogP contribution in [0.25, 0.3) is 10.9 Å². The first kappa shape index (κ1) is 17.8. The van der Waals surface area contributed by atoms with E-state index in [1.165, 1.54) is 37.2 Å². The van der Waals surface area contributed by atoms with Crippen molar-refractivity contribution in [2.45, 2.75) is 26.7 Å². The van der Waals surface area contributed by atoms with Crippen molar-refractivity contribution in [3.63, 3.8) is 0 Å². The number of rotatable bonds is 6. The molecule has 4 rings (SSSR count). The molecule has 0 saturated carbocycles.